The Morgan fingerprint density at radius 2 is 2.24 bits per heavy atom. The summed E-state index contributed by atoms with van der Waals surface area (Å²) < 4.78 is 0.715. The van der Waals surface area contributed by atoms with Gasteiger partial charge in [0.25, 0.3) is 5.91 Å². The number of amides is 1. The van der Waals surface area contributed by atoms with Crippen molar-refractivity contribution in [2.75, 3.05) is 12.5 Å². The minimum atomic E-state index is -0.181. The summed E-state index contributed by atoms with van der Waals surface area (Å²) in [6.45, 7) is 2.33. The number of nitrogen functional groups attached to an aromatic ring is 1. The number of rotatable bonds is 4. The van der Waals surface area contributed by atoms with Crippen LogP contribution < -0.4 is 11.3 Å². The van der Waals surface area contributed by atoms with Crippen LogP contribution >= 0.6 is 15.9 Å². The van der Waals surface area contributed by atoms with E-state index in [9.17, 15) is 4.79 Å². The maximum atomic E-state index is 12.5. The maximum Gasteiger partial charge on any atom is 0.257 e. The third-order valence-corrected chi connectivity index (χ3v) is 3.35. The molecule has 2 aromatic rings. The Morgan fingerprint density at radius 3 is 2.90 bits per heavy atom. The third kappa shape index (κ3) is 3.77. The van der Waals surface area contributed by atoms with Crippen LogP contribution in [0.15, 0.2) is 34.9 Å². The molecule has 110 valence electrons. The highest BCUT2D eigenvalue weighted by Crippen LogP contribution is 2.19. The molecule has 0 radical (unpaired) electrons. The smallest absolute Gasteiger partial charge is 0.257 e. The number of carbonyl (C=O) groups excluding carboxylic acids is 1. The molecule has 21 heavy (non-hydrogen) atoms. The summed E-state index contributed by atoms with van der Waals surface area (Å²) in [7, 11) is 1.72. The average molecular weight is 350 g/mol. The highest BCUT2D eigenvalue weighted by Gasteiger charge is 2.17. The van der Waals surface area contributed by atoms with Gasteiger partial charge in [-0.3, -0.25) is 9.78 Å². The molecule has 3 N–H and O–H groups in total. The molecule has 0 spiro atoms. The fourth-order valence-electron chi connectivity index (χ4n) is 1.93. The van der Waals surface area contributed by atoms with E-state index < -0.39 is 0 Å². The number of nitrogens with zero attached hydrogens (tertiary/aromatic N) is 3. The monoisotopic (exact) mass is 349 g/mol. The average Bonchev–Trinajstić information content (AvgIpc) is 2.46. The topological polar surface area (TPSA) is 84.1 Å². The van der Waals surface area contributed by atoms with E-state index >= 15 is 0 Å². The lowest BCUT2D eigenvalue weighted by Crippen LogP contribution is -2.28. The quantitative estimate of drug-likeness (QED) is 0.652. The van der Waals surface area contributed by atoms with E-state index in [1.54, 1.807) is 24.2 Å². The molecule has 2 heterocycles. The number of hydrogen-bond acceptors (Lipinski definition) is 5. The van der Waals surface area contributed by atoms with E-state index in [4.69, 9.17) is 5.84 Å². The molecular formula is C14H16BrN5O. The van der Waals surface area contributed by atoms with Crippen LogP contribution in [0, 0.1) is 6.92 Å². The van der Waals surface area contributed by atoms with Crippen molar-refractivity contribution in [1.82, 2.24) is 14.9 Å². The highest BCUT2D eigenvalue weighted by atomic mass is 79.9. The van der Waals surface area contributed by atoms with Gasteiger partial charge in [-0.05, 0) is 41.1 Å². The van der Waals surface area contributed by atoms with Gasteiger partial charge in [0.1, 0.15) is 0 Å². The number of halogens is 1. The van der Waals surface area contributed by atoms with E-state index in [1.165, 1.54) is 0 Å². The van der Waals surface area contributed by atoms with Crippen LogP contribution in [0.1, 0.15) is 21.7 Å². The number of pyridine rings is 2. The molecule has 0 aliphatic heterocycles. The standard InChI is InChI=1S/C14H16BrN5O/c1-9-4-3-5-11(18-9)8-20(2)14(21)12-6-10(15)7-17-13(12)19-16/h3-7H,8,16H2,1-2H3,(H,17,19). The lowest BCUT2D eigenvalue weighted by Gasteiger charge is -2.18. The first-order chi connectivity index (χ1) is 10.0. The van der Waals surface area contributed by atoms with Crippen LogP contribution in [0.25, 0.3) is 0 Å². The number of nitrogens with one attached hydrogen (secondary N) is 1. The van der Waals surface area contributed by atoms with Gasteiger partial charge < -0.3 is 10.3 Å². The normalized spacial score (nSPS) is 10.3. The van der Waals surface area contributed by atoms with E-state index in [2.05, 4.69) is 31.3 Å². The van der Waals surface area contributed by atoms with Crippen molar-refractivity contribution in [1.29, 1.82) is 0 Å². The van der Waals surface area contributed by atoms with E-state index in [1.807, 2.05) is 25.1 Å². The Labute approximate surface area is 131 Å². The second-order valence-corrected chi connectivity index (χ2v) is 5.54. The second kappa shape index (κ2) is 6.64. The molecule has 6 nitrogen and oxygen atoms in total. The first-order valence-electron chi connectivity index (χ1n) is 6.31. The summed E-state index contributed by atoms with van der Waals surface area (Å²) in [5.74, 6) is 5.56. The molecule has 0 fully saturated rings. The summed E-state index contributed by atoms with van der Waals surface area (Å²) in [4.78, 5) is 22.5. The van der Waals surface area contributed by atoms with Crippen LogP contribution in [-0.2, 0) is 6.54 Å². The Morgan fingerprint density at radius 1 is 1.48 bits per heavy atom. The molecule has 7 heteroatoms. The van der Waals surface area contributed by atoms with Crippen molar-refractivity contribution in [3.05, 3.63) is 51.9 Å². The first kappa shape index (κ1) is 15.4. The predicted molar refractivity (Wildman–Crippen MR) is 84.5 cm³/mol. The minimum Gasteiger partial charge on any atom is -0.336 e. The number of hydrazine groups is 1. The van der Waals surface area contributed by atoms with E-state index in [0.717, 1.165) is 11.4 Å². The van der Waals surface area contributed by atoms with Crippen LogP contribution in [0.5, 0.6) is 0 Å². The molecule has 0 saturated carbocycles. The Hall–Kier alpha value is -1.99. The number of aryl methyl sites for hydroxylation is 1. The molecule has 2 aromatic heterocycles. The molecular weight excluding hydrogens is 334 g/mol. The van der Waals surface area contributed by atoms with Crippen LogP contribution in [0.3, 0.4) is 0 Å². The summed E-state index contributed by atoms with van der Waals surface area (Å²) in [6.07, 6.45) is 1.58. The van der Waals surface area contributed by atoms with Crippen LogP contribution in [0.4, 0.5) is 5.82 Å². The molecule has 0 unspecified atom stereocenters. The van der Waals surface area contributed by atoms with Crippen molar-refractivity contribution in [3.63, 3.8) is 0 Å². The minimum absolute atomic E-state index is 0.181. The van der Waals surface area contributed by atoms with E-state index in [-0.39, 0.29) is 5.91 Å². The van der Waals surface area contributed by atoms with Gasteiger partial charge in [0, 0.05) is 23.4 Å². The number of hydrogen-bond donors (Lipinski definition) is 2. The SMILES string of the molecule is Cc1cccc(CN(C)C(=O)c2cc(Br)cnc2NN)n1. The second-order valence-electron chi connectivity index (χ2n) is 4.63. The molecule has 2 rings (SSSR count). The number of carbonyl (C=O) groups is 1. The summed E-state index contributed by atoms with van der Waals surface area (Å²) >= 11 is 3.31. The van der Waals surface area contributed by atoms with Gasteiger partial charge in [-0.15, -0.1) is 0 Å². The number of aromatic nitrogens is 2. The first-order valence-corrected chi connectivity index (χ1v) is 7.10. The Balaban J connectivity index is 2.21. The molecule has 0 aromatic carbocycles. The molecule has 0 aliphatic rings. The van der Waals surface area contributed by atoms with Gasteiger partial charge in [0.15, 0.2) is 5.82 Å². The van der Waals surface area contributed by atoms with Crippen LogP contribution in [-0.4, -0.2) is 27.8 Å². The van der Waals surface area contributed by atoms with Crippen molar-refractivity contribution in [2.24, 2.45) is 5.84 Å². The lowest BCUT2D eigenvalue weighted by molar-refractivity contribution is 0.0784. The van der Waals surface area contributed by atoms with Crippen molar-refractivity contribution in [2.45, 2.75) is 13.5 Å². The fourth-order valence-corrected chi connectivity index (χ4v) is 2.26. The molecule has 1 amide bonds. The van der Waals surface area contributed by atoms with Crippen molar-refractivity contribution >= 4 is 27.7 Å². The summed E-state index contributed by atoms with van der Waals surface area (Å²) in [6, 6.07) is 7.41. The number of anilines is 1. The van der Waals surface area contributed by atoms with Gasteiger partial charge in [0.2, 0.25) is 0 Å². The molecule has 0 atom stereocenters. The van der Waals surface area contributed by atoms with Gasteiger partial charge >= 0.3 is 0 Å². The van der Waals surface area contributed by atoms with Gasteiger partial charge in [-0.1, -0.05) is 6.07 Å². The summed E-state index contributed by atoms with van der Waals surface area (Å²) in [5.41, 5.74) is 4.59. The Kier molecular flexibility index (Phi) is 4.87. The summed E-state index contributed by atoms with van der Waals surface area (Å²) in [5, 5.41) is 0. The molecule has 0 bridgehead atoms. The van der Waals surface area contributed by atoms with Crippen LogP contribution in [0.2, 0.25) is 0 Å². The zero-order valence-corrected chi connectivity index (χ0v) is 13.4. The predicted octanol–water partition coefficient (Wildman–Crippen LogP) is 2.11. The third-order valence-electron chi connectivity index (χ3n) is 2.91. The lowest BCUT2D eigenvalue weighted by atomic mass is 10.2. The fraction of sp³-hybridized carbons (Fsp3) is 0.214. The number of nitrogens with two attached hydrogens (primary N) is 1. The van der Waals surface area contributed by atoms with Crippen molar-refractivity contribution in [3.8, 4) is 0 Å². The largest absolute Gasteiger partial charge is 0.336 e. The van der Waals surface area contributed by atoms with Gasteiger partial charge in [-0.25, -0.2) is 10.8 Å². The zero-order chi connectivity index (χ0) is 15.4. The van der Waals surface area contributed by atoms with Gasteiger partial charge in [0.05, 0.1) is 17.8 Å². The van der Waals surface area contributed by atoms with Crippen molar-refractivity contribution < 1.29 is 4.79 Å². The zero-order valence-electron chi connectivity index (χ0n) is 11.8. The maximum absolute atomic E-state index is 12.5. The Bertz CT molecular complexity index is 662. The van der Waals surface area contributed by atoms with E-state index in [0.29, 0.717) is 22.4 Å². The highest BCUT2D eigenvalue weighted by molar-refractivity contribution is 9.10. The van der Waals surface area contributed by atoms with Gasteiger partial charge in [-0.2, -0.15) is 0 Å². The molecule has 0 saturated heterocycles. The molecule has 0 aliphatic carbocycles.